The quantitative estimate of drug-likeness (QED) is 0.339. The highest BCUT2D eigenvalue weighted by molar-refractivity contribution is 7.92. The fourth-order valence-electron chi connectivity index (χ4n) is 4.10. The molecule has 11 heteroatoms. The van der Waals surface area contributed by atoms with Gasteiger partial charge in [-0.25, -0.2) is 35.9 Å². The Labute approximate surface area is 225 Å². The van der Waals surface area contributed by atoms with Crippen molar-refractivity contribution in [2.45, 2.75) is 31.7 Å². The minimum Gasteiger partial charge on any atom is -0.354 e. The van der Waals surface area contributed by atoms with Crippen LogP contribution in [0.2, 0.25) is 0 Å². The first-order valence-corrected chi connectivity index (χ1v) is 13.7. The number of sulfonamides is 1. The van der Waals surface area contributed by atoms with Gasteiger partial charge in [0.15, 0.2) is 5.82 Å². The first kappa shape index (κ1) is 28.0. The van der Waals surface area contributed by atoms with E-state index in [4.69, 9.17) is 0 Å². The van der Waals surface area contributed by atoms with Crippen molar-refractivity contribution in [1.82, 2.24) is 14.3 Å². The molecule has 1 atom stereocenters. The molecule has 1 fully saturated rings. The van der Waals surface area contributed by atoms with Gasteiger partial charge in [0.05, 0.1) is 17.6 Å². The first-order valence-electron chi connectivity index (χ1n) is 12.2. The van der Waals surface area contributed by atoms with Crippen molar-refractivity contribution in [2.24, 2.45) is 0 Å². The lowest BCUT2D eigenvalue weighted by atomic mass is 10.1. The zero-order chi connectivity index (χ0) is 28.2. The molecular weight excluding hydrogens is 529 g/mol. The molecule has 1 amide bonds. The predicted molar refractivity (Wildman–Crippen MR) is 144 cm³/mol. The molecule has 1 aliphatic heterocycles. The van der Waals surface area contributed by atoms with E-state index in [1.165, 1.54) is 43.3 Å². The lowest BCUT2D eigenvalue weighted by molar-refractivity contribution is -0.0221. The van der Waals surface area contributed by atoms with Crippen molar-refractivity contribution in [3.8, 4) is 11.3 Å². The third-order valence-corrected chi connectivity index (χ3v) is 7.83. The third kappa shape index (κ3) is 6.54. The molecule has 1 unspecified atom stereocenters. The van der Waals surface area contributed by atoms with Crippen molar-refractivity contribution in [1.29, 1.82) is 0 Å². The SMILES string of the molecule is C=CC(C)N(C(=O)c1cnc(N2CCC(F)(F)CC2)c(-c2ccc(F)cc2)n1)S(=O)(=O)/C=C/c1ccccc1. The summed E-state index contributed by atoms with van der Waals surface area (Å²) in [6.45, 7) is 5.13. The maximum Gasteiger partial charge on any atom is 0.288 e. The molecule has 0 radical (unpaired) electrons. The van der Waals surface area contributed by atoms with Gasteiger partial charge in [0.2, 0.25) is 0 Å². The average molecular weight is 557 g/mol. The Hall–Kier alpha value is -3.99. The molecule has 4 rings (SSSR count). The normalized spacial score (nSPS) is 16.2. The maximum atomic E-state index is 13.8. The molecule has 1 aliphatic rings. The largest absolute Gasteiger partial charge is 0.354 e. The van der Waals surface area contributed by atoms with Gasteiger partial charge in [-0.15, -0.1) is 6.58 Å². The van der Waals surface area contributed by atoms with Crippen LogP contribution in [0.25, 0.3) is 17.3 Å². The number of carbonyl (C=O) groups is 1. The van der Waals surface area contributed by atoms with Gasteiger partial charge in [-0.3, -0.25) is 4.79 Å². The lowest BCUT2D eigenvalue weighted by Crippen LogP contribution is -2.42. The standard InChI is InChI=1S/C28H27F3N4O3S/c1-3-20(2)35(39(37,38)18-13-21-7-5-4-6-8-21)27(36)24-19-32-26(34-16-14-28(30,31)15-17-34)25(33-24)22-9-11-23(29)12-10-22/h3-13,18-20H,1,14-17H2,2H3/b18-13+. The maximum absolute atomic E-state index is 13.8. The third-order valence-electron chi connectivity index (χ3n) is 6.30. The van der Waals surface area contributed by atoms with E-state index in [1.807, 2.05) is 0 Å². The molecule has 7 nitrogen and oxygen atoms in total. The Bertz CT molecular complexity index is 1470. The Balaban J connectivity index is 1.75. The Kier molecular flexibility index (Phi) is 8.19. The number of hydrogen-bond acceptors (Lipinski definition) is 6. The highest BCUT2D eigenvalue weighted by atomic mass is 32.2. The predicted octanol–water partition coefficient (Wildman–Crippen LogP) is 5.54. The number of carbonyl (C=O) groups excluding carboxylic acids is 1. The van der Waals surface area contributed by atoms with Crippen molar-refractivity contribution in [2.75, 3.05) is 18.0 Å². The van der Waals surface area contributed by atoms with Crippen LogP contribution in [-0.2, 0) is 10.0 Å². The number of benzene rings is 2. The van der Waals surface area contributed by atoms with E-state index in [2.05, 4.69) is 16.5 Å². The molecule has 0 aliphatic carbocycles. The number of amides is 1. The second-order valence-corrected chi connectivity index (χ2v) is 10.8. The van der Waals surface area contributed by atoms with Crippen LogP contribution in [0, 0.1) is 5.82 Å². The molecule has 2 heterocycles. The van der Waals surface area contributed by atoms with E-state index >= 15 is 0 Å². The highest BCUT2D eigenvalue weighted by Crippen LogP contribution is 2.34. The van der Waals surface area contributed by atoms with Crippen molar-refractivity contribution in [3.05, 3.63) is 95.9 Å². The van der Waals surface area contributed by atoms with Crippen LogP contribution in [0.1, 0.15) is 35.8 Å². The van der Waals surface area contributed by atoms with Crippen LogP contribution in [0.15, 0.2) is 78.9 Å². The zero-order valence-corrected chi connectivity index (χ0v) is 22.0. The number of piperidine rings is 1. The van der Waals surface area contributed by atoms with Crippen molar-refractivity contribution in [3.63, 3.8) is 0 Å². The number of aromatic nitrogens is 2. The molecule has 39 heavy (non-hydrogen) atoms. The summed E-state index contributed by atoms with van der Waals surface area (Å²) in [5.41, 5.74) is 0.871. The Morgan fingerprint density at radius 1 is 1.10 bits per heavy atom. The van der Waals surface area contributed by atoms with Gasteiger partial charge in [-0.2, -0.15) is 0 Å². The highest BCUT2D eigenvalue weighted by Gasteiger charge is 2.36. The summed E-state index contributed by atoms with van der Waals surface area (Å²) in [6.07, 6.45) is 3.04. The summed E-state index contributed by atoms with van der Waals surface area (Å²) in [5.74, 6) is -4.00. The van der Waals surface area contributed by atoms with E-state index < -0.39 is 33.7 Å². The van der Waals surface area contributed by atoms with Crippen LogP contribution >= 0.6 is 0 Å². The summed E-state index contributed by atoms with van der Waals surface area (Å²) in [4.78, 5) is 24.0. The number of hydrogen-bond donors (Lipinski definition) is 0. The number of alkyl halides is 2. The second kappa shape index (κ2) is 11.4. The van der Waals surface area contributed by atoms with Gasteiger partial charge in [0.25, 0.3) is 21.9 Å². The van der Waals surface area contributed by atoms with E-state index in [9.17, 15) is 26.4 Å². The molecule has 0 bridgehead atoms. The molecule has 3 aromatic rings. The summed E-state index contributed by atoms with van der Waals surface area (Å²) in [7, 11) is -4.29. The number of nitrogens with zero attached hydrogens (tertiary/aromatic N) is 4. The number of rotatable bonds is 8. The van der Waals surface area contributed by atoms with Crippen LogP contribution in [0.4, 0.5) is 19.0 Å². The summed E-state index contributed by atoms with van der Waals surface area (Å²) >= 11 is 0. The van der Waals surface area contributed by atoms with Crippen LogP contribution < -0.4 is 4.90 Å². The molecule has 1 saturated heterocycles. The fourth-order valence-corrected chi connectivity index (χ4v) is 5.43. The molecular formula is C28H27F3N4O3S. The van der Waals surface area contributed by atoms with Crippen LogP contribution in [0.5, 0.6) is 0 Å². The smallest absolute Gasteiger partial charge is 0.288 e. The number of halogens is 3. The van der Waals surface area contributed by atoms with Crippen LogP contribution in [-0.4, -0.2) is 53.7 Å². The molecule has 0 saturated carbocycles. The number of anilines is 1. The topological polar surface area (TPSA) is 83.5 Å². The molecule has 0 N–H and O–H groups in total. The molecule has 2 aromatic carbocycles. The monoisotopic (exact) mass is 556 g/mol. The molecule has 0 spiro atoms. The zero-order valence-electron chi connectivity index (χ0n) is 21.2. The van der Waals surface area contributed by atoms with E-state index in [0.29, 0.717) is 15.4 Å². The van der Waals surface area contributed by atoms with Gasteiger partial charge >= 0.3 is 0 Å². The average Bonchev–Trinajstić information content (AvgIpc) is 2.92. The van der Waals surface area contributed by atoms with Gasteiger partial charge in [0, 0.05) is 31.5 Å². The van der Waals surface area contributed by atoms with E-state index in [1.54, 1.807) is 35.2 Å². The Morgan fingerprint density at radius 3 is 2.36 bits per heavy atom. The minimum absolute atomic E-state index is 0.00144. The molecule has 204 valence electrons. The van der Waals surface area contributed by atoms with Gasteiger partial charge in [0.1, 0.15) is 17.2 Å². The molecule has 1 aromatic heterocycles. The first-order chi connectivity index (χ1) is 18.5. The lowest BCUT2D eigenvalue weighted by Gasteiger charge is -2.33. The fraction of sp³-hybridized carbons (Fsp3) is 0.250. The van der Waals surface area contributed by atoms with Gasteiger partial charge in [-0.05, 0) is 42.8 Å². The van der Waals surface area contributed by atoms with E-state index in [-0.39, 0.29) is 43.1 Å². The van der Waals surface area contributed by atoms with E-state index in [0.717, 1.165) is 11.6 Å². The summed E-state index contributed by atoms with van der Waals surface area (Å²) in [5, 5.41) is 0.927. The van der Waals surface area contributed by atoms with Gasteiger partial charge < -0.3 is 4.90 Å². The summed E-state index contributed by atoms with van der Waals surface area (Å²) in [6, 6.07) is 13.0. The van der Waals surface area contributed by atoms with Crippen LogP contribution in [0.3, 0.4) is 0 Å². The Morgan fingerprint density at radius 2 is 1.74 bits per heavy atom. The minimum atomic E-state index is -4.29. The van der Waals surface area contributed by atoms with Crippen molar-refractivity contribution >= 4 is 27.8 Å². The second-order valence-electron chi connectivity index (χ2n) is 9.11. The van der Waals surface area contributed by atoms with Crippen molar-refractivity contribution < 1.29 is 26.4 Å². The van der Waals surface area contributed by atoms with Gasteiger partial charge in [-0.1, -0.05) is 36.4 Å². The summed E-state index contributed by atoms with van der Waals surface area (Å²) < 4.78 is 68.4.